The van der Waals surface area contributed by atoms with Crippen LogP contribution >= 0.6 is 0 Å². The number of amides is 1. The number of hydrogen-bond acceptors (Lipinski definition) is 3. The molecule has 1 N–H and O–H groups in total. The van der Waals surface area contributed by atoms with Crippen LogP contribution in [-0.4, -0.2) is 5.91 Å². The molecule has 0 aliphatic rings. The van der Waals surface area contributed by atoms with Crippen molar-refractivity contribution >= 4 is 22.6 Å². The van der Waals surface area contributed by atoms with Crippen LogP contribution in [0.15, 0.2) is 53.1 Å². The van der Waals surface area contributed by atoms with Gasteiger partial charge >= 0.3 is 0 Å². The highest BCUT2D eigenvalue weighted by Gasteiger charge is 2.10. The largest absolute Gasteiger partial charge is 0.464 e. The molecule has 0 spiro atoms. The van der Waals surface area contributed by atoms with Crippen molar-refractivity contribution < 1.29 is 9.21 Å². The van der Waals surface area contributed by atoms with Gasteiger partial charge in [-0.3, -0.25) is 4.79 Å². The lowest BCUT2D eigenvalue weighted by atomic mass is 10.1. The van der Waals surface area contributed by atoms with Crippen molar-refractivity contribution in [1.82, 2.24) is 0 Å². The number of furan rings is 1. The fraction of sp³-hybridized carbons (Fsp3) is 0.158. The van der Waals surface area contributed by atoms with Gasteiger partial charge in [-0.05, 0) is 36.2 Å². The Morgan fingerprint density at radius 2 is 2.00 bits per heavy atom. The number of hydrogen-bond donors (Lipinski definition) is 1. The molecule has 3 aromatic rings. The predicted octanol–water partition coefficient (Wildman–Crippen LogP) is 3.99. The zero-order valence-corrected chi connectivity index (χ0v) is 12.8. The van der Waals surface area contributed by atoms with Crippen molar-refractivity contribution in [2.24, 2.45) is 0 Å². The third-order valence-corrected chi connectivity index (χ3v) is 3.68. The number of fused-ring (bicyclic) bond motifs is 1. The summed E-state index contributed by atoms with van der Waals surface area (Å²) >= 11 is 0. The lowest BCUT2D eigenvalue weighted by molar-refractivity contribution is -0.115. The van der Waals surface area contributed by atoms with Crippen LogP contribution in [0.3, 0.4) is 0 Å². The molecule has 1 heterocycles. The SMILES string of the molecule is Cc1ccc2c(CC(=O)Nc3ccc(CC#N)cc3)coc2c1. The molecule has 0 radical (unpaired) electrons. The number of nitrogens with one attached hydrogen (secondary N) is 1. The molecular weight excluding hydrogens is 288 g/mol. The number of carbonyl (C=O) groups is 1. The van der Waals surface area contributed by atoms with Crippen molar-refractivity contribution in [2.45, 2.75) is 19.8 Å². The minimum Gasteiger partial charge on any atom is -0.464 e. The van der Waals surface area contributed by atoms with Gasteiger partial charge in [0.2, 0.25) is 5.91 Å². The Labute approximate surface area is 134 Å². The first-order valence-electron chi connectivity index (χ1n) is 7.38. The molecule has 0 saturated heterocycles. The summed E-state index contributed by atoms with van der Waals surface area (Å²) in [6.07, 6.45) is 2.27. The Kier molecular flexibility index (Phi) is 4.11. The van der Waals surface area contributed by atoms with E-state index in [0.29, 0.717) is 6.42 Å². The summed E-state index contributed by atoms with van der Waals surface area (Å²) in [6, 6.07) is 15.3. The Balaban J connectivity index is 1.70. The Morgan fingerprint density at radius 3 is 2.74 bits per heavy atom. The van der Waals surface area contributed by atoms with Crippen LogP contribution in [0.1, 0.15) is 16.7 Å². The highest BCUT2D eigenvalue weighted by molar-refractivity contribution is 5.95. The zero-order valence-electron chi connectivity index (χ0n) is 12.8. The Hall–Kier alpha value is -3.06. The standard InChI is InChI=1S/C19H16N2O2/c1-13-2-7-17-15(12-23-18(17)10-13)11-19(22)21-16-5-3-14(4-6-16)8-9-20/h2-7,10,12H,8,11H2,1H3,(H,21,22). The van der Waals surface area contributed by atoms with E-state index < -0.39 is 0 Å². The van der Waals surface area contributed by atoms with E-state index in [0.717, 1.165) is 33.3 Å². The van der Waals surface area contributed by atoms with Gasteiger partial charge < -0.3 is 9.73 Å². The number of carbonyl (C=O) groups excluding carboxylic acids is 1. The molecule has 0 bridgehead atoms. The first-order valence-corrected chi connectivity index (χ1v) is 7.38. The topological polar surface area (TPSA) is 66.0 Å². The van der Waals surface area contributed by atoms with Gasteiger partial charge in [-0.2, -0.15) is 5.26 Å². The lowest BCUT2D eigenvalue weighted by Gasteiger charge is -2.05. The maximum Gasteiger partial charge on any atom is 0.228 e. The first kappa shape index (κ1) is 14.9. The first-order chi connectivity index (χ1) is 11.2. The molecule has 2 aromatic carbocycles. The third kappa shape index (κ3) is 3.41. The normalized spacial score (nSPS) is 10.4. The van der Waals surface area contributed by atoms with E-state index in [9.17, 15) is 4.79 Å². The van der Waals surface area contributed by atoms with Crippen LogP contribution < -0.4 is 5.32 Å². The van der Waals surface area contributed by atoms with Crippen LogP contribution in [0.2, 0.25) is 0 Å². The van der Waals surface area contributed by atoms with Crippen molar-refractivity contribution in [3.8, 4) is 6.07 Å². The molecule has 0 unspecified atom stereocenters. The summed E-state index contributed by atoms with van der Waals surface area (Å²) in [6.45, 7) is 2.00. The molecular formula is C19H16N2O2. The maximum atomic E-state index is 12.2. The summed E-state index contributed by atoms with van der Waals surface area (Å²) in [5.41, 5.74) is 4.45. The van der Waals surface area contributed by atoms with Gasteiger partial charge in [0.25, 0.3) is 0 Å². The molecule has 0 atom stereocenters. The van der Waals surface area contributed by atoms with Crippen molar-refractivity contribution in [2.75, 3.05) is 5.32 Å². The molecule has 0 saturated carbocycles. The fourth-order valence-corrected chi connectivity index (χ4v) is 2.50. The Morgan fingerprint density at radius 1 is 1.22 bits per heavy atom. The van der Waals surface area contributed by atoms with Crippen LogP contribution in [0.5, 0.6) is 0 Å². The molecule has 114 valence electrons. The predicted molar refractivity (Wildman–Crippen MR) is 89.0 cm³/mol. The number of benzene rings is 2. The number of nitrogens with zero attached hydrogens (tertiary/aromatic N) is 1. The van der Waals surface area contributed by atoms with Crippen LogP contribution in [-0.2, 0) is 17.6 Å². The number of anilines is 1. The fourth-order valence-electron chi connectivity index (χ4n) is 2.50. The average molecular weight is 304 g/mol. The molecule has 23 heavy (non-hydrogen) atoms. The van der Waals surface area contributed by atoms with Crippen LogP contribution in [0.25, 0.3) is 11.0 Å². The van der Waals surface area contributed by atoms with Crippen molar-refractivity contribution in [3.63, 3.8) is 0 Å². The molecule has 3 rings (SSSR count). The van der Waals surface area contributed by atoms with Crippen LogP contribution in [0.4, 0.5) is 5.69 Å². The van der Waals surface area contributed by atoms with Gasteiger partial charge in [-0.1, -0.05) is 24.3 Å². The van der Waals surface area contributed by atoms with Crippen molar-refractivity contribution in [1.29, 1.82) is 5.26 Å². The second-order valence-electron chi connectivity index (χ2n) is 5.52. The highest BCUT2D eigenvalue weighted by atomic mass is 16.3. The Bertz CT molecular complexity index is 886. The molecule has 0 aliphatic carbocycles. The molecule has 4 heteroatoms. The lowest BCUT2D eigenvalue weighted by Crippen LogP contribution is -2.14. The minimum absolute atomic E-state index is 0.0960. The van der Waals surface area contributed by atoms with E-state index in [4.69, 9.17) is 9.68 Å². The van der Waals surface area contributed by atoms with Gasteiger partial charge in [0.05, 0.1) is 25.2 Å². The summed E-state index contributed by atoms with van der Waals surface area (Å²) in [7, 11) is 0. The minimum atomic E-state index is -0.0960. The zero-order chi connectivity index (χ0) is 16.2. The highest BCUT2D eigenvalue weighted by Crippen LogP contribution is 2.23. The van der Waals surface area contributed by atoms with E-state index in [-0.39, 0.29) is 12.3 Å². The van der Waals surface area contributed by atoms with Crippen LogP contribution in [0, 0.1) is 18.3 Å². The maximum absolute atomic E-state index is 12.2. The van der Waals surface area contributed by atoms with E-state index in [1.807, 2.05) is 37.3 Å². The van der Waals surface area contributed by atoms with E-state index >= 15 is 0 Å². The van der Waals surface area contributed by atoms with Gasteiger partial charge in [0, 0.05) is 16.6 Å². The molecule has 1 aromatic heterocycles. The van der Waals surface area contributed by atoms with Gasteiger partial charge in [-0.15, -0.1) is 0 Å². The summed E-state index contributed by atoms with van der Waals surface area (Å²) in [5, 5.41) is 12.5. The summed E-state index contributed by atoms with van der Waals surface area (Å²) < 4.78 is 5.51. The number of aryl methyl sites for hydroxylation is 1. The van der Waals surface area contributed by atoms with Crippen molar-refractivity contribution in [3.05, 3.63) is 65.4 Å². The molecule has 1 amide bonds. The third-order valence-electron chi connectivity index (χ3n) is 3.68. The quantitative estimate of drug-likeness (QED) is 0.792. The second kappa shape index (κ2) is 6.37. The average Bonchev–Trinajstić information content (AvgIpc) is 2.91. The van der Waals surface area contributed by atoms with Gasteiger partial charge in [0.15, 0.2) is 0 Å². The molecule has 0 aliphatic heterocycles. The summed E-state index contributed by atoms with van der Waals surface area (Å²) in [4.78, 5) is 12.2. The number of nitriles is 1. The van der Waals surface area contributed by atoms with E-state index in [1.165, 1.54) is 0 Å². The molecule has 0 fully saturated rings. The monoisotopic (exact) mass is 304 g/mol. The summed E-state index contributed by atoms with van der Waals surface area (Å²) in [5.74, 6) is -0.0960. The van der Waals surface area contributed by atoms with E-state index in [1.54, 1.807) is 18.4 Å². The van der Waals surface area contributed by atoms with E-state index in [2.05, 4.69) is 11.4 Å². The second-order valence-corrected chi connectivity index (χ2v) is 5.52. The molecule has 4 nitrogen and oxygen atoms in total. The van der Waals surface area contributed by atoms with Gasteiger partial charge in [0.1, 0.15) is 5.58 Å². The van der Waals surface area contributed by atoms with Gasteiger partial charge in [-0.25, -0.2) is 0 Å². The smallest absolute Gasteiger partial charge is 0.228 e. The number of rotatable bonds is 4.